The lowest BCUT2D eigenvalue weighted by Crippen LogP contribution is -2.48. The number of hydrogen-bond donors (Lipinski definition) is 1. The molecule has 2 fully saturated rings. The second kappa shape index (κ2) is 8.52. The Hall–Kier alpha value is -2.74. The van der Waals surface area contributed by atoms with E-state index in [9.17, 15) is 9.18 Å². The van der Waals surface area contributed by atoms with Gasteiger partial charge in [-0.1, -0.05) is 12.1 Å². The normalized spacial score (nSPS) is 20.1. The molecule has 7 nitrogen and oxygen atoms in total. The lowest BCUT2D eigenvalue weighted by atomic mass is 9.96. The Bertz CT molecular complexity index is 828. The molecule has 148 valence electrons. The molecule has 1 aromatic heterocycles. The SMILES string of the molecule is O=C(C1CCCN(c2nccc(Nc3ccccc3F)n2)C1)N1CCOCC1. The Kier molecular flexibility index (Phi) is 5.66. The largest absolute Gasteiger partial charge is 0.378 e. The minimum atomic E-state index is -0.336. The van der Waals surface area contributed by atoms with Gasteiger partial charge in [0, 0.05) is 32.4 Å². The third kappa shape index (κ3) is 4.22. The zero-order chi connectivity index (χ0) is 19.3. The zero-order valence-electron chi connectivity index (χ0n) is 15.7. The van der Waals surface area contributed by atoms with Gasteiger partial charge in [0.2, 0.25) is 11.9 Å². The Morgan fingerprint density at radius 3 is 2.82 bits per heavy atom. The molecule has 0 radical (unpaired) electrons. The van der Waals surface area contributed by atoms with Gasteiger partial charge in [0.1, 0.15) is 11.6 Å². The third-order valence-electron chi connectivity index (χ3n) is 5.16. The number of nitrogens with zero attached hydrogens (tertiary/aromatic N) is 4. The maximum atomic E-state index is 13.9. The minimum absolute atomic E-state index is 0.0568. The highest BCUT2D eigenvalue weighted by Gasteiger charge is 2.31. The van der Waals surface area contributed by atoms with E-state index in [1.807, 2.05) is 9.80 Å². The molecule has 1 N–H and O–H groups in total. The number of ether oxygens (including phenoxy) is 1. The predicted molar refractivity (Wildman–Crippen MR) is 104 cm³/mol. The Labute approximate surface area is 163 Å². The maximum Gasteiger partial charge on any atom is 0.227 e. The van der Waals surface area contributed by atoms with Gasteiger partial charge in [-0.05, 0) is 31.0 Å². The van der Waals surface area contributed by atoms with E-state index in [0.717, 1.165) is 19.4 Å². The highest BCUT2D eigenvalue weighted by atomic mass is 19.1. The van der Waals surface area contributed by atoms with E-state index in [0.29, 0.717) is 50.3 Å². The summed E-state index contributed by atoms with van der Waals surface area (Å²) < 4.78 is 19.2. The molecule has 0 spiro atoms. The molecule has 0 aliphatic carbocycles. The summed E-state index contributed by atoms with van der Waals surface area (Å²) in [7, 11) is 0. The van der Waals surface area contributed by atoms with Gasteiger partial charge in [0.15, 0.2) is 0 Å². The quantitative estimate of drug-likeness (QED) is 0.872. The van der Waals surface area contributed by atoms with Crippen LogP contribution >= 0.6 is 0 Å². The fraction of sp³-hybridized carbons (Fsp3) is 0.450. The van der Waals surface area contributed by atoms with Crippen molar-refractivity contribution in [3.8, 4) is 0 Å². The monoisotopic (exact) mass is 385 g/mol. The van der Waals surface area contributed by atoms with Crippen molar-refractivity contribution in [1.82, 2.24) is 14.9 Å². The summed E-state index contributed by atoms with van der Waals surface area (Å²) in [6.45, 7) is 3.93. The number of carbonyl (C=O) groups excluding carboxylic acids is 1. The third-order valence-corrected chi connectivity index (χ3v) is 5.16. The molecule has 1 unspecified atom stereocenters. The van der Waals surface area contributed by atoms with Gasteiger partial charge >= 0.3 is 0 Å². The number of piperidine rings is 1. The van der Waals surface area contributed by atoms with Crippen LogP contribution in [0.1, 0.15) is 12.8 Å². The first kappa shape index (κ1) is 18.6. The van der Waals surface area contributed by atoms with E-state index in [1.165, 1.54) is 6.07 Å². The van der Waals surface area contributed by atoms with Crippen LogP contribution in [0, 0.1) is 11.7 Å². The summed E-state index contributed by atoms with van der Waals surface area (Å²) in [5.74, 6) is 0.877. The second-order valence-corrected chi connectivity index (χ2v) is 7.07. The molecule has 2 aromatic rings. The number of para-hydroxylation sites is 1. The van der Waals surface area contributed by atoms with E-state index in [-0.39, 0.29) is 17.6 Å². The number of hydrogen-bond acceptors (Lipinski definition) is 6. The van der Waals surface area contributed by atoms with Crippen molar-refractivity contribution >= 4 is 23.4 Å². The Balaban J connectivity index is 1.45. The number of anilines is 3. The van der Waals surface area contributed by atoms with E-state index >= 15 is 0 Å². The molecule has 0 saturated carbocycles. The molecule has 28 heavy (non-hydrogen) atoms. The molecule has 2 aliphatic heterocycles. The molecular formula is C20H24FN5O2. The molecule has 8 heteroatoms. The summed E-state index contributed by atoms with van der Waals surface area (Å²) in [5.41, 5.74) is 0.367. The average molecular weight is 385 g/mol. The van der Waals surface area contributed by atoms with Crippen molar-refractivity contribution < 1.29 is 13.9 Å². The maximum absolute atomic E-state index is 13.9. The van der Waals surface area contributed by atoms with Crippen LogP contribution in [-0.4, -0.2) is 60.2 Å². The molecule has 0 bridgehead atoms. The van der Waals surface area contributed by atoms with Crippen LogP contribution < -0.4 is 10.2 Å². The number of rotatable bonds is 4. The molecule has 1 aromatic carbocycles. The predicted octanol–water partition coefficient (Wildman–Crippen LogP) is 2.43. The Morgan fingerprint density at radius 2 is 2.00 bits per heavy atom. The molecule has 4 rings (SSSR count). The van der Waals surface area contributed by atoms with E-state index in [2.05, 4.69) is 15.3 Å². The van der Waals surface area contributed by atoms with Crippen LogP contribution in [0.4, 0.5) is 21.8 Å². The summed E-state index contributed by atoms with van der Waals surface area (Å²) in [6, 6.07) is 8.17. The van der Waals surface area contributed by atoms with E-state index in [1.54, 1.807) is 30.5 Å². The first-order valence-corrected chi connectivity index (χ1v) is 9.67. The van der Waals surface area contributed by atoms with Crippen molar-refractivity contribution in [2.45, 2.75) is 12.8 Å². The van der Waals surface area contributed by atoms with E-state index < -0.39 is 0 Å². The van der Waals surface area contributed by atoms with Gasteiger partial charge in [-0.3, -0.25) is 4.79 Å². The minimum Gasteiger partial charge on any atom is -0.378 e. The van der Waals surface area contributed by atoms with Crippen molar-refractivity contribution in [2.24, 2.45) is 5.92 Å². The number of halogens is 1. The summed E-state index contributed by atoms with van der Waals surface area (Å²) in [6.07, 6.45) is 3.44. The van der Waals surface area contributed by atoms with Gasteiger partial charge < -0.3 is 19.9 Å². The molecule has 1 amide bonds. The van der Waals surface area contributed by atoms with Gasteiger partial charge in [0.05, 0.1) is 24.8 Å². The first-order chi connectivity index (χ1) is 13.7. The fourth-order valence-corrected chi connectivity index (χ4v) is 3.67. The molecule has 3 heterocycles. The smallest absolute Gasteiger partial charge is 0.227 e. The average Bonchev–Trinajstić information content (AvgIpc) is 2.76. The van der Waals surface area contributed by atoms with Crippen molar-refractivity contribution in [1.29, 1.82) is 0 Å². The van der Waals surface area contributed by atoms with E-state index in [4.69, 9.17) is 4.74 Å². The van der Waals surface area contributed by atoms with Crippen LogP contribution in [0.2, 0.25) is 0 Å². The lowest BCUT2D eigenvalue weighted by molar-refractivity contribution is -0.139. The number of nitrogens with one attached hydrogen (secondary N) is 1. The van der Waals surface area contributed by atoms with Gasteiger partial charge in [-0.2, -0.15) is 4.98 Å². The van der Waals surface area contributed by atoms with Crippen LogP contribution in [0.25, 0.3) is 0 Å². The zero-order valence-corrected chi connectivity index (χ0v) is 15.7. The van der Waals surface area contributed by atoms with Gasteiger partial charge in [-0.25, -0.2) is 9.37 Å². The van der Waals surface area contributed by atoms with Crippen LogP contribution in [0.15, 0.2) is 36.5 Å². The van der Waals surface area contributed by atoms with Gasteiger partial charge in [0.25, 0.3) is 0 Å². The molecule has 1 atom stereocenters. The second-order valence-electron chi connectivity index (χ2n) is 7.07. The summed E-state index contributed by atoms with van der Waals surface area (Å²) in [4.78, 5) is 25.7. The number of amides is 1. The molecular weight excluding hydrogens is 361 g/mol. The number of aromatic nitrogens is 2. The van der Waals surface area contributed by atoms with Gasteiger partial charge in [-0.15, -0.1) is 0 Å². The lowest BCUT2D eigenvalue weighted by Gasteiger charge is -2.36. The van der Waals surface area contributed by atoms with Crippen molar-refractivity contribution in [3.05, 3.63) is 42.3 Å². The van der Waals surface area contributed by atoms with Crippen LogP contribution in [0.5, 0.6) is 0 Å². The standard InChI is InChI=1S/C20H24FN5O2/c21-16-5-1-2-6-17(16)23-18-7-8-22-20(24-18)26-9-3-4-15(14-26)19(27)25-10-12-28-13-11-25/h1-2,5-8,15H,3-4,9-14H2,(H,22,23,24). The summed E-state index contributed by atoms with van der Waals surface area (Å²) in [5, 5.41) is 3.00. The number of carbonyl (C=O) groups is 1. The highest BCUT2D eigenvalue weighted by molar-refractivity contribution is 5.79. The highest BCUT2D eigenvalue weighted by Crippen LogP contribution is 2.24. The van der Waals surface area contributed by atoms with Crippen LogP contribution in [-0.2, 0) is 9.53 Å². The van der Waals surface area contributed by atoms with Crippen LogP contribution in [0.3, 0.4) is 0 Å². The molecule has 2 saturated heterocycles. The fourth-order valence-electron chi connectivity index (χ4n) is 3.67. The summed E-state index contributed by atoms with van der Waals surface area (Å²) >= 11 is 0. The molecule has 2 aliphatic rings. The first-order valence-electron chi connectivity index (χ1n) is 9.67. The Morgan fingerprint density at radius 1 is 1.18 bits per heavy atom. The number of morpholine rings is 1. The van der Waals surface area contributed by atoms with Crippen molar-refractivity contribution in [2.75, 3.05) is 49.6 Å². The van der Waals surface area contributed by atoms with Crippen molar-refractivity contribution in [3.63, 3.8) is 0 Å². The number of benzene rings is 1. The topological polar surface area (TPSA) is 70.6 Å².